The molecule has 0 bridgehead atoms. The number of pyridine rings is 1. The first kappa shape index (κ1) is 14.3. The van der Waals surface area contributed by atoms with E-state index in [1.165, 1.54) is 32.1 Å². The summed E-state index contributed by atoms with van der Waals surface area (Å²) in [5.74, 6) is 0.963. The van der Waals surface area contributed by atoms with Crippen molar-refractivity contribution >= 4 is 5.82 Å². The van der Waals surface area contributed by atoms with Crippen LogP contribution in [0.15, 0.2) is 18.3 Å². The highest BCUT2D eigenvalue weighted by atomic mass is 16.3. The zero-order valence-corrected chi connectivity index (χ0v) is 11.8. The summed E-state index contributed by atoms with van der Waals surface area (Å²) in [6.07, 6.45) is 8.16. The Bertz CT molecular complexity index is 371. The minimum atomic E-state index is 0.0162. The fourth-order valence-corrected chi connectivity index (χ4v) is 2.82. The summed E-state index contributed by atoms with van der Waals surface area (Å²) in [6, 6.07) is 4.61. The predicted molar refractivity (Wildman–Crippen MR) is 78.1 cm³/mol. The molecule has 0 aliphatic heterocycles. The number of aliphatic hydroxyl groups is 1. The molecule has 0 aromatic carbocycles. The molecule has 1 aromatic rings. The highest BCUT2D eigenvalue weighted by Gasteiger charge is 2.21. The molecule has 1 aromatic heterocycles. The van der Waals surface area contributed by atoms with Crippen LogP contribution in [0.3, 0.4) is 0 Å². The maximum atomic E-state index is 9.28. The molecule has 2 rings (SSSR count). The molecule has 1 fully saturated rings. The molecule has 4 heteroatoms. The molecule has 19 heavy (non-hydrogen) atoms. The molecule has 0 amide bonds. The highest BCUT2D eigenvalue weighted by molar-refractivity contribution is 5.41. The largest absolute Gasteiger partial charge is 0.395 e. The summed E-state index contributed by atoms with van der Waals surface area (Å²) < 4.78 is 0. The van der Waals surface area contributed by atoms with Crippen molar-refractivity contribution in [2.24, 2.45) is 5.73 Å². The second-order valence-corrected chi connectivity index (χ2v) is 5.45. The first-order valence-corrected chi connectivity index (χ1v) is 7.31. The van der Waals surface area contributed by atoms with Gasteiger partial charge in [-0.25, -0.2) is 4.98 Å². The Labute approximate surface area is 115 Å². The van der Waals surface area contributed by atoms with Gasteiger partial charge in [0.1, 0.15) is 5.82 Å². The zero-order valence-electron chi connectivity index (χ0n) is 11.8. The number of nitrogens with zero attached hydrogens (tertiary/aromatic N) is 2. The molecule has 1 saturated carbocycles. The average Bonchev–Trinajstić information content (AvgIpc) is 2.46. The lowest BCUT2D eigenvalue weighted by Gasteiger charge is -2.35. The van der Waals surface area contributed by atoms with E-state index in [1.54, 1.807) is 0 Å². The van der Waals surface area contributed by atoms with E-state index in [0.717, 1.165) is 11.4 Å². The molecule has 0 unspecified atom stereocenters. The Morgan fingerprint density at radius 2 is 2.11 bits per heavy atom. The van der Waals surface area contributed by atoms with E-state index in [0.29, 0.717) is 12.6 Å². The molecule has 0 radical (unpaired) electrons. The zero-order chi connectivity index (χ0) is 13.7. The summed E-state index contributed by atoms with van der Waals surface area (Å²) in [5, 5.41) is 9.28. The minimum Gasteiger partial charge on any atom is -0.395 e. The van der Waals surface area contributed by atoms with E-state index >= 15 is 0 Å². The van der Waals surface area contributed by atoms with E-state index < -0.39 is 0 Å². The third-order valence-electron chi connectivity index (χ3n) is 3.95. The Morgan fingerprint density at radius 1 is 1.37 bits per heavy atom. The van der Waals surface area contributed by atoms with Crippen LogP contribution >= 0.6 is 0 Å². The SMILES string of the molecule is C[C@@H](N)c1ccc(N(CCO)C2CCCCC2)nc1. The van der Waals surface area contributed by atoms with Gasteiger partial charge in [-0.1, -0.05) is 25.3 Å². The van der Waals surface area contributed by atoms with Crippen LogP contribution in [0.5, 0.6) is 0 Å². The normalized spacial score (nSPS) is 18.3. The van der Waals surface area contributed by atoms with Crippen LogP contribution in [0.1, 0.15) is 50.6 Å². The number of hydrogen-bond acceptors (Lipinski definition) is 4. The molecule has 0 spiro atoms. The predicted octanol–water partition coefficient (Wildman–Crippen LogP) is 2.23. The second-order valence-electron chi connectivity index (χ2n) is 5.45. The molecule has 0 saturated heterocycles. The van der Waals surface area contributed by atoms with Gasteiger partial charge in [-0.05, 0) is 31.4 Å². The Hall–Kier alpha value is -1.13. The summed E-state index contributed by atoms with van der Waals surface area (Å²) in [7, 11) is 0. The van der Waals surface area contributed by atoms with Gasteiger partial charge in [0.05, 0.1) is 6.61 Å². The van der Waals surface area contributed by atoms with E-state index in [4.69, 9.17) is 5.73 Å². The van der Waals surface area contributed by atoms with Crippen molar-refractivity contribution in [1.29, 1.82) is 0 Å². The van der Waals surface area contributed by atoms with Gasteiger partial charge in [-0.3, -0.25) is 0 Å². The van der Waals surface area contributed by atoms with Crippen LogP contribution in [0.2, 0.25) is 0 Å². The van der Waals surface area contributed by atoms with E-state index in [2.05, 4.69) is 9.88 Å². The Kier molecular flexibility index (Phi) is 5.16. The summed E-state index contributed by atoms with van der Waals surface area (Å²) in [4.78, 5) is 6.78. The molecule has 1 atom stereocenters. The molecule has 4 nitrogen and oxygen atoms in total. The Balaban J connectivity index is 2.13. The first-order chi connectivity index (χ1) is 9.22. The second kappa shape index (κ2) is 6.87. The van der Waals surface area contributed by atoms with Crippen LogP contribution in [0.4, 0.5) is 5.82 Å². The van der Waals surface area contributed by atoms with E-state index in [1.807, 2.05) is 25.3 Å². The van der Waals surface area contributed by atoms with Gasteiger partial charge in [0.25, 0.3) is 0 Å². The summed E-state index contributed by atoms with van der Waals surface area (Å²) in [5.41, 5.74) is 6.90. The third-order valence-corrected chi connectivity index (χ3v) is 3.95. The van der Waals surface area contributed by atoms with Crippen molar-refractivity contribution in [2.45, 2.75) is 51.1 Å². The van der Waals surface area contributed by atoms with Crippen molar-refractivity contribution in [3.05, 3.63) is 23.9 Å². The lowest BCUT2D eigenvalue weighted by Crippen LogP contribution is -2.39. The van der Waals surface area contributed by atoms with Crippen molar-refractivity contribution in [1.82, 2.24) is 4.98 Å². The van der Waals surface area contributed by atoms with Crippen LogP contribution in [-0.4, -0.2) is 29.3 Å². The van der Waals surface area contributed by atoms with Gasteiger partial charge in [0, 0.05) is 24.8 Å². The number of nitrogens with two attached hydrogens (primary N) is 1. The highest BCUT2D eigenvalue weighted by Crippen LogP contribution is 2.26. The van der Waals surface area contributed by atoms with Gasteiger partial charge >= 0.3 is 0 Å². The van der Waals surface area contributed by atoms with Crippen molar-refractivity contribution in [2.75, 3.05) is 18.1 Å². The molecule has 1 aliphatic rings. The summed E-state index contributed by atoms with van der Waals surface area (Å²) in [6.45, 7) is 2.80. The average molecular weight is 263 g/mol. The molecular formula is C15H25N3O. The molecular weight excluding hydrogens is 238 g/mol. The van der Waals surface area contributed by atoms with Crippen molar-refractivity contribution in [3.8, 4) is 0 Å². The van der Waals surface area contributed by atoms with Crippen molar-refractivity contribution < 1.29 is 5.11 Å². The number of aliphatic hydroxyl groups excluding tert-OH is 1. The monoisotopic (exact) mass is 263 g/mol. The topological polar surface area (TPSA) is 62.4 Å². The maximum absolute atomic E-state index is 9.28. The van der Waals surface area contributed by atoms with Crippen LogP contribution in [0.25, 0.3) is 0 Å². The number of aromatic nitrogens is 1. The van der Waals surface area contributed by atoms with E-state index in [9.17, 15) is 5.11 Å². The van der Waals surface area contributed by atoms with Crippen molar-refractivity contribution in [3.63, 3.8) is 0 Å². The fourth-order valence-electron chi connectivity index (χ4n) is 2.82. The van der Waals surface area contributed by atoms with Gasteiger partial charge in [0.15, 0.2) is 0 Å². The lowest BCUT2D eigenvalue weighted by atomic mass is 9.94. The molecule has 106 valence electrons. The Morgan fingerprint density at radius 3 is 2.63 bits per heavy atom. The fraction of sp³-hybridized carbons (Fsp3) is 0.667. The first-order valence-electron chi connectivity index (χ1n) is 7.31. The minimum absolute atomic E-state index is 0.0162. The van der Waals surface area contributed by atoms with Gasteiger partial charge in [0.2, 0.25) is 0 Å². The number of hydrogen-bond donors (Lipinski definition) is 2. The van der Waals surface area contributed by atoms with Crippen LogP contribution < -0.4 is 10.6 Å². The quantitative estimate of drug-likeness (QED) is 0.855. The van der Waals surface area contributed by atoms with Gasteiger partial charge in [-0.15, -0.1) is 0 Å². The third kappa shape index (κ3) is 3.67. The maximum Gasteiger partial charge on any atom is 0.128 e. The molecule has 1 heterocycles. The number of rotatable bonds is 5. The van der Waals surface area contributed by atoms with Gasteiger partial charge in [-0.2, -0.15) is 0 Å². The number of anilines is 1. The summed E-state index contributed by atoms with van der Waals surface area (Å²) >= 11 is 0. The van der Waals surface area contributed by atoms with Gasteiger partial charge < -0.3 is 15.7 Å². The smallest absolute Gasteiger partial charge is 0.128 e. The molecule has 1 aliphatic carbocycles. The van der Waals surface area contributed by atoms with Crippen LogP contribution in [0, 0.1) is 0 Å². The van der Waals surface area contributed by atoms with Crippen LogP contribution in [-0.2, 0) is 0 Å². The molecule has 3 N–H and O–H groups in total. The standard InChI is InChI=1S/C15H25N3O/c1-12(16)13-7-8-15(17-11-13)18(9-10-19)14-5-3-2-4-6-14/h7-8,11-12,14,19H,2-6,9-10,16H2,1H3/t12-/m1/s1. The lowest BCUT2D eigenvalue weighted by molar-refractivity contribution is 0.289. The van der Waals surface area contributed by atoms with E-state index in [-0.39, 0.29) is 12.6 Å².